The van der Waals surface area contributed by atoms with Crippen molar-refractivity contribution in [3.05, 3.63) is 35.5 Å². The number of anilines is 3. The van der Waals surface area contributed by atoms with Gasteiger partial charge in [0.05, 0.1) is 6.20 Å². The van der Waals surface area contributed by atoms with Crippen LogP contribution in [0.2, 0.25) is 5.02 Å². The summed E-state index contributed by atoms with van der Waals surface area (Å²) >= 11 is 6.25. The number of benzene rings is 1. The number of ether oxygens (including phenoxy) is 1. The standard InChI is InChI=1S/C26H36ClN7O/c1-26(11-13-35-14-12-26)32-24-28-16-22-23(31-24)34(21-9-7-18(8-10-21)17-33(2)3)25(30-22)29-20-6-4-5-19(27)15-20/h4-6,15-16,18,21H,7-14,17H2,1-3H3,(H,29,30)(H,28,31,32)/t18-,21+. The molecule has 3 heterocycles. The van der Waals surface area contributed by atoms with Crippen molar-refractivity contribution in [1.29, 1.82) is 0 Å². The van der Waals surface area contributed by atoms with Gasteiger partial charge in [0.1, 0.15) is 5.52 Å². The third-order valence-corrected chi connectivity index (χ3v) is 7.56. The first-order valence-electron chi connectivity index (χ1n) is 12.7. The summed E-state index contributed by atoms with van der Waals surface area (Å²) in [5.41, 5.74) is 2.52. The minimum Gasteiger partial charge on any atom is -0.381 e. The Labute approximate surface area is 212 Å². The fourth-order valence-electron chi connectivity index (χ4n) is 5.40. The van der Waals surface area contributed by atoms with Gasteiger partial charge in [0, 0.05) is 42.0 Å². The van der Waals surface area contributed by atoms with Crippen LogP contribution in [0.5, 0.6) is 0 Å². The molecule has 0 unspecified atom stereocenters. The predicted octanol–water partition coefficient (Wildman–Crippen LogP) is 5.50. The number of nitrogens with zero attached hydrogens (tertiary/aromatic N) is 5. The van der Waals surface area contributed by atoms with Crippen molar-refractivity contribution in [3.63, 3.8) is 0 Å². The van der Waals surface area contributed by atoms with Gasteiger partial charge in [-0.3, -0.25) is 4.57 Å². The summed E-state index contributed by atoms with van der Waals surface area (Å²) in [6.45, 7) is 4.88. The van der Waals surface area contributed by atoms with Crippen LogP contribution in [0.4, 0.5) is 17.6 Å². The summed E-state index contributed by atoms with van der Waals surface area (Å²) in [4.78, 5) is 16.8. The van der Waals surface area contributed by atoms with Crippen LogP contribution in [0.15, 0.2) is 30.5 Å². The lowest BCUT2D eigenvalue weighted by molar-refractivity contribution is 0.0656. The normalized spacial score (nSPS) is 22.4. The Bertz CT molecular complexity index is 1150. The molecule has 1 saturated carbocycles. The Hall–Kier alpha value is -2.42. The van der Waals surface area contributed by atoms with E-state index < -0.39 is 0 Å². The maximum Gasteiger partial charge on any atom is 0.225 e. The van der Waals surface area contributed by atoms with Crippen LogP contribution in [0.3, 0.4) is 0 Å². The molecular formula is C26H36ClN7O. The molecule has 0 amide bonds. The molecule has 0 radical (unpaired) electrons. The molecule has 9 heteroatoms. The topological polar surface area (TPSA) is 80.1 Å². The second kappa shape index (κ2) is 10.3. The monoisotopic (exact) mass is 497 g/mol. The second-order valence-corrected chi connectivity index (χ2v) is 11.0. The maximum atomic E-state index is 6.25. The number of hydrogen-bond donors (Lipinski definition) is 2. The Balaban J connectivity index is 1.47. The number of rotatable bonds is 7. The summed E-state index contributed by atoms with van der Waals surface area (Å²) in [6.07, 6.45) is 8.33. The van der Waals surface area contributed by atoms with Gasteiger partial charge in [0.15, 0.2) is 5.65 Å². The summed E-state index contributed by atoms with van der Waals surface area (Å²) in [6, 6.07) is 8.09. The predicted molar refractivity (Wildman–Crippen MR) is 142 cm³/mol. The molecule has 3 aromatic rings. The highest BCUT2D eigenvalue weighted by Crippen LogP contribution is 2.37. The van der Waals surface area contributed by atoms with Crippen LogP contribution >= 0.6 is 11.6 Å². The van der Waals surface area contributed by atoms with E-state index in [4.69, 9.17) is 26.3 Å². The van der Waals surface area contributed by atoms with Gasteiger partial charge in [-0.25, -0.2) is 9.97 Å². The molecule has 188 valence electrons. The van der Waals surface area contributed by atoms with Crippen LogP contribution < -0.4 is 10.6 Å². The van der Waals surface area contributed by atoms with Crippen molar-refractivity contribution in [1.82, 2.24) is 24.4 Å². The molecule has 5 rings (SSSR count). The Morgan fingerprint density at radius 2 is 1.91 bits per heavy atom. The van der Waals surface area contributed by atoms with E-state index >= 15 is 0 Å². The van der Waals surface area contributed by atoms with Crippen LogP contribution in [-0.2, 0) is 4.74 Å². The van der Waals surface area contributed by atoms with Crippen LogP contribution in [0.25, 0.3) is 11.2 Å². The first-order chi connectivity index (χ1) is 16.9. The lowest BCUT2D eigenvalue weighted by atomic mass is 9.85. The van der Waals surface area contributed by atoms with E-state index in [1.807, 2.05) is 30.5 Å². The van der Waals surface area contributed by atoms with Crippen molar-refractivity contribution in [2.45, 2.75) is 57.0 Å². The quantitative estimate of drug-likeness (QED) is 0.446. The molecule has 1 aromatic carbocycles. The SMILES string of the molecule is CN(C)C[C@H]1CC[C@@H](n2c(Nc3cccc(Cl)c3)nc3cnc(NC4(C)CCOCC4)nc32)CC1. The molecule has 0 bridgehead atoms. The molecule has 2 fully saturated rings. The number of hydrogen-bond acceptors (Lipinski definition) is 7. The minimum atomic E-state index is -0.0666. The van der Waals surface area contributed by atoms with E-state index in [9.17, 15) is 0 Å². The summed E-state index contributed by atoms with van der Waals surface area (Å²) < 4.78 is 7.85. The molecule has 8 nitrogen and oxygen atoms in total. The number of aromatic nitrogens is 4. The van der Waals surface area contributed by atoms with Gasteiger partial charge < -0.3 is 20.3 Å². The number of imidazole rings is 1. The van der Waals surface area contributed by atoms with E-state index in [0.717, 1.165) is 74.2 Å². The van der Waals surface area contributed by atoms with E-state index in [-0.39, 0.29) is 5.54 Å². The highest BCUT2D eigenvalue weighted by molar-refractivity contribution is 6.30. The first kappa shape index (κ1) is 24.3. The molecule has 0 atom stereocenters. The van der Waals surface area contributed by atoms with E-state index in [1.165, 1.54) is 12.8 Å². The van der Waals surface area contributed by atoms with Crippen molar-refractivity contribution in [2.75, 3.05) is 44.5 Å². The largest absolute Gasteiger partial charge is 0.381 e. The summed E-state index contributed by atoms with van der Waals surface area (Å²) in [7, 11) is 4.32. The Morgan fingerprint density at radius 1 is 1.14 bits per heavy atom. The van der Waals surface area contributed by atoms with Gasteiger partial charge in [0.25, 0.3) is 0 Å². The smallest absolute Gasteiger partial charge is 0.225 e. The van der Waals surface area contributed by atoms with Crippen molar-refractivity contribution >= 4 is 40.3 Å². The average Bonchev–Trinajstić information content (AvgIpc) is 3.16. The highest BCUT2D eigenvalue weighted by atomic mass is 35.5. The van der Waals surface area contributed by atoms with Crippen LogP contribution in [-0.4, -0.2) is 63.8 Å². The maximum absolute atomic E-state index is 6.25. The molecule has 35 heavy (non-hydrogen) atoms. The summed E-state index contributed by atoms with van der Waals surface area (Å²) in [5.74, 6) is 2.18. The second-order valence-electron chi connectivity index (χ2n) is 10.6. The van der Waals surface area contributed by atoms with Gasteiger partial charge in [-0.2, -0.15) is 4.98 Å². The molecule has 1 aliphatic carbocycles. The fourth-order valence-corrected chi connectivity index (χ4v) is 5.59. The van der Waals surface area contributed by atoms with Gasteiger partial charge >= 0.3 is 0 Å². The van der Waals surface area contributed by atoms with E-state index in [0.29, 0.717) is 17.0 Å². The molecule has 1 aliphatic heterocycles. The highest BCUT2D eigenvalue weighted by Gasteiger charge is 2.30. The van der Waals surface area contributed by atoms with Crippen molar-refractivity contribution in [2.24, 2.45) is 5.92 Å². The molecule has 2 aliphatic rings. The zero-order valence-corrected chi connectivity index (χ0v) is 21.7. The third-order valence-electron chi connectivity index (χ3n) is 7.33. The van der Waals surface area contributed by atoms with Crippen LogP contribution in [0.1, 0.15) is 51.5 Å². The number of nitrogens with one attached hydrogen (secondary N) is 2. The zero-order chi connectivity index (χ0) is 24.4. The zero-order valence-electron chi connectivity index (χ0n) is 20.9. The van der Waals surface area contributed by atoms with Gasteiger partial charge in [-0.05, 0) is 83.7 Å². The van der Waals surface area contributed by atoms with Crippen LogP contribution in [0, 0.1) is 5.92 Å². The summed E-state index contributed by atoms with van der Waals surface area (Å²) in [5, 5.41) is 7.79. The molecular weight excluding hydrogens is 462 g/mol. The number of halogens is 1. The third kappa shape index (κ3) is 5.71. The lowest BCUT2D eigenvalue weighted by Gasteiger charge is -2.34. The van der Waals surface area contributed by atoms with Gasteiger partial charge in [-0.15, -0.1) is 0 Å². The molecule has 1 saturated heterocycles. The Morgan fingerprint density at radius 3 is 2.63 bits per heavy atom. The molecule has 2 N–H and O–H groups in total. The van der Waals surface area contributed by atoms with Crippen molar-refractivity contribution in [3.8, 4) is 0 Å². The Kier molecular flexibility index (Phi) is 7.14. The number of fused-ring (bicyclic) bond motifs is 1. The molecule has 2 aromatic heterocycles. The lowest BCUT2D eigenvalue weighted by Crippen LogP contribution is -2.41. The molecule has 0 spiro atoms. The first-order valence-corrected chi connectivity index (χ1v) is 13.0. The van der Waals surface area contributed by atoms with E-state index in [1.54, 1.807) is 0 Å². The van der Waals surface area contributed by atoms with Crippen molar-refractivity contribution < 1.29 is 4.74 Å². The van der Waals surface area contributed by atoms with E-state index in [2.05, 4.69) is 46.1 Å². The van der Waals surface area contributed by atoms with Gasteiger partial charge in [0.2, 0.25) is 11.9 Å². The van der Waals surface area contributed by atoms with Gasteiger partial charge in [-0.1, -0.05) is 17.7 Å². The minimum absolute atomic E-state index is 0.0666. The average molecular weight is 498 g/mol. The fraction of sp³-hybridized carbons (Fsp3) is 0.577.